The number of nitrogens with one attached hydrogen (secondary N) is 1. The molecule has 0 aromatic rings. The van der Waals surface area contributed by atoms with Crippen molar-refractivity contribution in [3.05, 3.63) is 0 Å². The summed E-state index contributed by atoms with van der Waals surface area (Å²) >= 11 is 0. The van der Waals surface area contributed by atoms with Crippen LogP contribution in [0, 0.1) is 5.92 Å². The highest BCUT2D eigenvalue weighted by atomic mass is 16.6. The summed E-state index contributed by atoms with van der Waals surface area (Å²) in [5.74, 6) is 0.572. The smallest absolute Gasteiger partial charge is 0.407 e. The number of carbonyl (C=O) groups excluding carboxylic acids is 1. The first kappa shape index (κ1) is 16.6. The summed E-state index contributed by atoms with van der Waals surface area (Å²) in [5, 5.41) is 3.04. The van der Waals surface area contributed by atoms with Gasteiger partial charge in [-0.25, -0.2) is 4.79 Å². The van der Waals surface area contributed by atoms with Gasteiger partial charge in [0.1, 0.15) is 5.60 Å². The second kappa shape index (κ2) is 6.55. The fraction of sp³-hybridized carbons (Fsp3) is 0.941. The maximum absolute atomic E-state index is 11.9. The van der Waals surface area contributed by atoms with E-state index in [-0.39, 0.29) is 17.7 Å². The molecule has 0 radical (unpaired) electrons. The standard InChI is InChI=1S/C17H31NO3/c1-5-6-14(18-15(19)21-16(2,3)4)11-13-7-8-17(9-10-17)20-12-13/h13-14H,5-12H2,1-4H3,(H,18,19)/t13-,14-/m1/s1. The lowest BCUT2D eigenvalue weighted by molar-refractivity contribution is -0.0385. The molecule has 0 bridgehead atoms. The largest absolute Gasteiger partial charge is 0.444 e. The number of amides is 1. The van der Waals surface area contributed by atoms with E-state index in [1.165, 1.54) is 25.7 Å². The van der Waals surface area contributed by atoms with Gasteiger partial charge in [0.15, 0.2) is 0 Å². The molecule has 1 saturated carbocycles. The zero-order valence-electron chi connectivity index (χ0n) is 14.0. The summed E-state index contributed by atoms with van der Waals surface area (Å²) in [6.45, 7) is 8.69. The zero-order chi connectivity index (χ0) is 15.5. The van der Waals surface area contributed by atoms with Gasteiger partial charge in [0.25, 0.3) is 0 Å². The minimum absolute atomic E-state index is 0.201. The van der Waals surface area contributed by atoms with Crippen LogP contribution >= 0.6 is 0 Å². The first-order valence-electron chi connectivity index (χ1n) is 8.45. The van der Waals surface area contributed by atoms with Gasteiger partial charge in [-0.1, -0.05) is 13.3 Å². The van der Waals surface area contributed by atoms with Crippen LogP contribution in [0.2, 0.25) is 0 Å². The lowest BCUT2D eigenvalue weighted by atomic mass is 9.90. The van der Waals surface area contributed by atoms with Crippen molar-refractivity contribution in [3.63, 3.8) is 0 Å². The molecule has 0 unspecified atom stereocenters. The number of ether oxygens (including phenoxy) is 2. The topological polar surface area (TPSA) is 47.6 Å². The van der Waals surface area contributed by atoms with Gasteiger partial charge in [-0.05, 0) is 65.2 Å². The second-order valence-electron chi connectivity index (χ2n) is 7.77. The van der Waals surface area contributed by atoms with Crippen LogP contribution in [0.3, 0.4) is 0 Å². The SMILES string of the molecule is CCC[C@H](C[C@H]1CCC2(CC2)OC1)NC(=O)OC(C)(C)C. The van der Waals surface area contributed by atoms with E-state index in [1.54, 1.807) is 0 Å². The second-order valence-corrected chi connectivity index (χ2v) is 7.77. The quantitative estimate of drug-likeness (QED) is 0.833. The minimum Gasteiger partial charge on any atom is -0.444 e. The lowest BCUT2D eigenvalue weighted by Gasteiger charge is -2.32. The average Bonchev–Trinajstić information content (AvgIpc) is 3.10. The molecule has 2 rings (SSSR count). The highest BCUT2D eigenvalue weighted by molar-refractivity contribution is 5.68. The summed E-state index contributed by atoms with van der Waals surface area (Å²) in [6.07, 6.45) is 7.69. The Labute approximate surface area is 129 Å². The van der Waals surface area contributed by atoms with Crippen molar-refractivity contribution in [3.8, 4) is 0 Å². The van der Waals surface area contributed by atoms with E-state index < -0.39 is 5.60 Å². The van der Waals surface area contributed by atoms with Crippen molar-refractivity contribution in [2.75, 3.05) is 6.61 Å². The van der Waals surface area contributed by atoms with Crippen molar-refractivity contribution in [2.24, 2.45) is 5.92 Å². The van der Waals surface area contributed by atoms with Crippen molar-refractivity contribution >= 4 is 6.09 Å². The zero-order valence-corrected chi connectivity index (χ0v) is 14.0. The Bertz CT molecular complexity index is 348. The van der Waals surface area contributed by atoms with Gasteiger partial charge in [-0.15, -0.1) is 0 Å². The summed E-state index contributed by atoms with van der Waals surface area (Å²) in [6, 6.07) is 0.201. The third kappa shape index (κ3) is 5.50. The Hall–Kier alpha value is -0.770. The molecule has 1 saturated heterocycles. The highest BCUT2D eigenvalue weighted by Crippen LogP contribution is 2.47. The van der Waals surface area contributed by atoms with Crippen LogP contribution < -0.4 is 5.32 Å². The van der Waals surface area contributed by atoms with Gasteiger partial charge in [0, 0.05) is 6.04 Å². The number of carbonyl (C=O) groups is 1. The number of rotatable bonds is 5. The van der Waals surface area contributed by atoms with Crippen LogP contribution in [0.1, 0.15) is 72.6 Å². The van der Waals surface area contributed by atoms with Gasteiger partial charge in [0.05, 0.1) is 12.2 Å². The van der Waals surface area contributed by atoms with Gasteiger partial charge in [0.2, 0.25) is 0 Å². The van der Waals surface area contributed by atoms with Gasteiger partial charge in [-0.3, -0.25) is 0 Å². The van der Waals surface area contributed by atoms with Gasteiger partial charge in [-0.2, -0.15) is 0 Å². The molecule has 122 valence electrons. The monoisotopic (exact) mass is 297 g/mol. The van der Waals surface area contributed by atoms with E-state index in [2.05, 4.69) is 12.2 Å². The molecule has 1 N–H and O–H groups in total. The average molecular weight is 297 g/mol. The number of alkyl carbamates (subject to hydrolysis) is 1. The molecule has 1 heterocycles. The molecule has 2 atom stereocenters. The number of hydrogen-bond donors (Lipinski definition) is 1. The van der Waals surface area contributed by atoms with Crippen LogP contribution in [-0.4, -0.2) is 29.9 Å². The van der Waals surface area contributed by atoms with Crippen LogP contribution in [0.4, 0.5) is 4.79 Å². The number of hydrogen-bond acceptors (Lipinski definition) is 3. The predicted octanol–water partition coefficient (Wildman–Crippen LogP) is 4.03. The molecule has 0 aromatic heterocycles. The van der Waals surface area contributed by atoms with Crippen molar-refractivity contribution in [1.29, 1.82) is 0 Å². The Balaban J connectivity index is 1.77. The minimum atomic E-state index is -0.437. The van der Waals surface area contributed by atoms with E-state index in [4.69, 9.17) is 9.47 Å². The summed E-state index contributed by atoms with van der Waals surface area (Å²) in [4.78, 5) is 11.9. The molecule has 1 amide bonds. The van der Waals surface area contributed by atoms with Crippen LogP contribution in [-0.2, 0) is 9.47 Å². The molecular formula is C17H31NO3. The highest BCUT2D eigenvalue weighted by Gasteiger charge is 2.46. The Morgan fingerprint density at radius 2 is 2.10 bits per heavy atom. The van der Waals surface area contributed by atoms with Crippen LogP contribution in [0.25, 0.3) is 0 Å². The van der Waals surface area contributed by atoms with E-state index >= 15 is 0 Å². The molecule has 2 fully saturated rings. The fourth-order valence-corrected chi connectivity index (χ4v) is 3.11. The van der Waals surface area contributed by atoms with Gasteiger partial charge < -0.3 is 14.8 Å². The van der Waals surface area contributed by atoms with Gasteiger partial charge >= 0.3 is 6.09 Å². The lowest BCUT2D eigenvalue weighted by Crippen LogP contribution is -2.41. The molecule has 0 aromatic carbocycles. The third-order valence-electron chi connectivity index (χ3n) is 4.42. The Kier molecular flexibility index (Phi) is 5.18. The molecule has 1 aliphatic heterocycles. The van der Waals surface area contributed by atoms with E-state index in [9.17, 15) is 4.79 Å². The maximum atomic E-state index is 11.9. The van der Waals surface area contributed by atoms with Crippen LogP contribution in [0.15, 0.2) is 0 Å². The molecule has 1 aliphatic carbocycles. The van der Waals surface area contributed by atoms with E-state index in [0.29, 0.717) is 5.92 Å². The molecule has 4 nitrogen and oxygen atoms in total. The van der Waals surface area contributed by atoms with E-state index in [1.807, 2.05) is 20.8 Å². The summed E-state index contributed by atoms with van der Waals surface area (Å²) < 4.78 is 11.4. The molecule has 4 heteroatoms. The summed E-state index contributed by atoms with van der Waals surface area (Å²) in [7, 11) is 0. The van der Waals surface area contributed by atoms with Crippen molar-refractivity contribution in [2.45, 2.75) is 89.9 Å². The molecular weight excluding hydrogens is 266 g/mol. The predicted molar refractivity (Wildman–Crippen MR) is 83.3 cm³/mol. The van der Waals surface area contributed by atoms with Crippen molar-refractivity contribution < 1.29 is 14.3 Å². The maximum Gasteiger partial charge on any atom is 0.407 e. The molecule has 21 heavy (non-hydrogen) atoms. The van der Waals surface area contributed by atoms with E-state index in [0.717, 1.165) is 25.9 Å². The van der Waals surface area contributed by atoms with Crippen molar-refractivity contribution in [1.82, 2.24) is 5.32 Å². The molecule has 2 aliphatic rings. The Morgan fingerprint density at radius 1 is 1.38 bits per heavy atom. The first-order chi connectivity index (χ1) is 9.82. The summed E-state index contributed by atoms with van der Waals surface area (Å²) in [5.41, 5.74) is -0.178. The molecule has 1 spiro atoms. The van der Waals surface area contributed by atoms with Crippen LogP contribution in [0.5, 0.6) is 0 Å². The Morgan fingerprint density at radius 3 is 2.57 bits per heavy atom. The first-order valence-corrected chi connectivity index (χ1v) is 8.45. The fourth-order valence-electron chi connectivity index (χ4n) is 3.11. The third-order valence-corrected chi connectivity index (χ3v) is 4.42. The normalized spacial score (nSPS) is 25.4.